The van der Waals surface area contributed by atoms with Crippen LogP contribution < -0.4 is 5.56 Å². The van der Waals surface area contributed by atoms with E-state index >= 15 is 0 Å². The van der Waals surface area contributed by atoms with E-state index in [9.17, 15) is 9.59 Å². The van der Waals surface area contributed by atoms with Gasteiger partial charge in [0, 0.05) is 31.1 Å². The maximum atomic E-state index is 12.7. The van der Waals surface area contributed by atoms with Gasteiger partial charge in [-0.15, -0.1) is 0 Å². The topological polar surface area (TPSA) is 64.8 Å². The van der Waals surface area contributed by atoms with Crippen molar-refractivity contribution < 1.29 is 4.79 Å². The minimum Gasteiger partial charge on any atom is -0.295 e. The standard InChI is InChI=1S/C20H17Cl2N3O2/c1-11(12-4-5-14(21)15(22)8-12)7-17(26)13-9-16-19(23-10-13)20(27)25-6-2-3-18(25)24-16/h4-5,8-11H,2-3,6-7H2,1H3. The fraction of sp³-hybridized carbons (Fsp3) is 0.300. The molecule has 0 N–H and O–H groups in total. The summed E-state index contributed by atoms with van der Waals surface area (Å²) in [5.41, 5.74) is 2.08. The van der Waals surface area contributed by atoms with Gasteiger partial charge in [-0.3, -0.25) is 14.2 Å². The summed E-state index contributed by atoms with van der Waals surface area (Å²) in [7, 11) is 0. The van der Waals surface area contributed by atoms with Gasteiger partial charge in [0.05, 0.1) is 15.6 Å². The molecule has 3 heterocycles. The third-order valence-electron chi connectivity index (χ3n) is 4.98. The quantitative estimate of drug-likeness (QED) is 0.606. The van der Waals surface area contributed by atoms with Crippen LogP contribution in [0.1, 0.15) is 47.4 Å². The van der Waals surface area contributed by atoms with E-state index in [4.69, 9.17) is 23.2 Å². The first-order chi connectivity index (χ1) is 12.9. The summed E-state index contributed by atoms with van der Waals surface area (Å²) in [6.07, 6.45) is 3.45. The van der Waals surface area contributed by atoms with E-state index in [0.717, 1.165) is 24.2 Å². The first-order valence-corrected chi connectivity index (χ1v) is 9.57. The van der Waals surface area contributed by atoms with Gasteiger partial charge in [0.1, 0.15) is 5.82 Å². The highest BCUT2D eigenvalue weighted by Gasteiger charge is 2.19. The van der Waals surface area contributed by atoms with E-state index in [0.29, 0.717) is 39.6 Å². The van der Waals surface area contributed by atoms with E-state index in [1.165, 1.54) is 6.20 Å². The Morgan fingerprint density at radius 3 is 2.85 bits per heavy atom. The molecular formula is C20H17Cl2N3O2. The van der Waals surface area contributed by atoms with Crippen molar-refractivity contribution in [3.05, 3.63) is 67.8 Å². The molecule has 1 aliphatic rings. The number of nitrogens with zero attached hydrogens (tertiary/aromatic N) is 3. The first-order valence-electron chi connectivity index (χ1n) is 8.81. The third kappa shape index (κ3) is 3.37. The van der Waals surface area contributed by atoms with Crippen molar-refractivity contribution >= 4 is 40.0 Å². The molecule has 1 aliphatic heterocycles. The maximum absolute atomic E-state index is 12.7. The normalized spacial score (nSPS) is 14.3. The minimum atomic E-state index is -0.129. The van der Waals surface area contributed by atoms with E-state index in [2.05, 4.69) is 9.97 Å². The van der Waals surface area contributed by atoms with Gasteiger partial charge in [0.15, 0.2) is 11.3 Å². The molecule has 1 unspecified atom stereocenters. The summed E-state index contributed by atoms with van der Waals surface area (Å²) in [5.74, 6) is 0.690. The molecule has 0 saturated heterocycles. The highest BCUT2D eigenvalue weighted by molar-refractivity contribution is 6.42. The van der Waals surface area contributed by atoms with Crippen molar-refractivity contribution in [1.82, 2.24) is 14.5 Å². The summed E-state index contributed by atoms with van der Waals surface area (Å²) in [6.45, 7) is 2.64. The summed E-state index contributed by atoms with van der Waals surface area (Å²) in [5, 5.41) is 0.960. The lowest BCUT2D eigenvalue weighted by atomic mass is 9.93. The maximum Gasteiger partial charge on any atom is 0.280 e. The molecule has 2 aromatic heterocycles. The Balaban J connectivity index is 1.61. The molecule has 7 heteroatoms. The van der Waals surface area contributed by atoms with Gasteiger partial charge >= 0.3 is 0 Å². The molecule has 4 rings (SSSR count). The lowest BCUT2D eigenvalue weighted by Gasteiger charge is -2.12. The average Bonchev–Trinajstić information content (AvgIpc) is 3.12. The molecule has 3 aromatic rings. The number of aryl methyl sites for hydroxylation is 1. The number of benzene rings is 1. The predicted octanol–water partition coefficient (Wildman–Crippen LogP) is 4.42. The number of carbonyl (C=O) groups is 1. The number of rotatable bonds is 4. The Hall–Kier alpha value is -2.24. The summed E-state index contributed by atoms with van der Waals surface area (Å²) in [6, 6.07) is 7.06. The summed E-state index contributed by atoms with van der Waals surface area (Å²) < 4.78 is 1.67. The number of Topliss-reactive ketones (excluding diaryl/α,β-unsaturated/α-hetero) is 1. The second kappa shape index (κ2) is 7.06. The zero-order valence-corrected chi connectivity index (χ0v) is 16.2. The number of aromatic nitrogens is 3. The Bertz CT molecular complexity index is 1120. The Kier molecular flexibility index (Phi) is 4.74. The van der Waals surface area contributed by atoms with Crippen molar-refractivity contribution in [2.75, 3.05) is 0 Å². The zero-order valence-electron chi connectivity index (χ0n) is 14.7. The Morgan fingerprint density at radius 1 is 1.26 bits per heavy atom. The highest BCUT2D eigenvalue weighted by atomic mass is 35.5. The van der Waals surface area contributed by atoms with Crippen LogP contribution in [0.3, 0.4) is 0 Å². The summed E-state index contributed by atoms with van der Waals surface area (Å²) in [4.78, 5) is 34.0. The molecule has 0 aliphatic carbocycles. The fourth-order valence-electron chi connectivity index (χ4n) is 3.45. The predicted molar refractivity (Wildman–Crippen MR) is 106 cm³/mol. The molecule has 0 saturated carbocycles. The molecule has 27 heavy (non-hydrogen) atoms. The van der Waals surface area contributed by atoms with Crippen LogP contribution in [-0.4, -0.2) is 20.3 Å². The van der Waals surface area contributed by atoms with Gasteiger partial charge in [-0.2, -0.15) is 0 Å². The molecule has 5 nitrogen and oxygen atoms in total. The molecule has 0 radical (unpaired) electrons. The van der Waals surface area contributed by atoms with Gasteiger partial charge in [0.2, 0.25) is 0 Å². The molecule has 0 amide bonds. The molecule has 138 valence electrons. The third-order valence-corrected chi connectivity index (χ3v) is 5.72. The largest absolute Gasteiger partial charge is 0.295 e. The SMILES string of the molecule is CC(CC(=O)c1cnc2c(=O)n3c(nc2c1)CCC3)c1ccc(Cl)c(Cl)c1. The van der Waals surface area contributed by atoms with Crippen molar-refractivity contribution in [1.29, 1.82) is 0 Å². The lowest BCUT2D eigenvalue weighted by molar-refractivity contribution is 0.0975. The number of ketones is 1. The van der Waals surface area contributed by atoms with E-state index in [1.807, 2.05) is 13.0 Å². The van der Waals surface area contributed by atoms with E-state index < -0.39 is 0 Å². The van der Waals surface area contributed by atoms with Gasteiger partial charge in [-0.1, -0.05) is 36.2 Å². The molecule has 1 atom stereocenters. The Morgan fingerprint density at radius 2 is 2.07 bits per heavy atom. The van der Waals surface area contributed by atoms with Crippen LogP contribution in [-0.2, 0) is 13.0 Å². The number of carbonyl (C=O) groups excluding carboxylic acids is 1. The summed E-state index contributed by atoms with van der Waals surface area (Å²) >= 11 is 12.0. The minimum absolute atomic E-state index is 0.0263. The van der Waals surface area contributed by atoms with Crippen LogP contribution in [0.25, 0.3) is 11.0 Å². The molecule has 0 bridgehead atoms. The first kappa shape index (κ1) is 18.1. The van der Waals surface area contributed by atoms with Gasteiger partial charge < -0.3 is 0 Å². The van der Waals surface area contributed by atoms with Gasteiger partial charge in [0.25, 0.3) is 5.56 Å². The van der Waals surface area contributed by atoms with Crippen LogP contribution in [0, 0.1) is 0 Å². The second-order valence-electron chi connectivity index (χ2n) is 6.88. The van der Waals surface area contributed by atoms with Crippen LogP contribution >= 0.6 is 23.2 Å². The molecule has 1 aromatic carbocycles. The van der Waals surface area contributed by atoms with Crippen molar-refractivity contribution in [2.45, 2.75) is 38.6 Å². The molecule has 0 fully saturated rings. The molecule has 0 spiro atoms. The zero-order chi connectivity index (χ0) is 19.1. The lowest BCUT2D eigenvalue weighted by Crippen LogP contribution is -2.22. The fourth-order valence-corrected chi connectivity index (χ4v) is 3.76. The van der Waals surface area contributed by atoms with Crippen LogP contribution in [0.4, 0.5) is 0 Å². The van der Waals surface area contributed by atoms with Crippen molar-refractivity contribution in [3.8, 4) is 0 Å². The molecular weight excluding hydrogens is 385 g/mol. The van der Waals surface area contributed by atoms with Crippen molar-refractivity contribution in [3.63, 3.8) is 0 Å². The van der Waals surface area contributed by atoms with E-state index in [-0.39, 0.29) is 17.3 Å². The van der Waals surface area contributed by atoms with Crippen molar-refractivity contribution in [2.24, 2.45) is 0 Å². The second-order valence-corrected chi connectivity index (χ2v) is 7.70. The number of fused-ring (bicyclic) bond motifs is 2. The average molecular weight is 402 g/mol. The smallest absolute Gasteiger partial charge is 0.280 e. The number of halogens is 2. The van der Waals surface area contributed by atoms with E-state index in [1.54, 1.807) is 22.8 Å². The van der Waals surface area contributed by atoms with Gasteiger partial charge in [-0.25, -0.2) is 9.97 Å². The van der Waals surface area contributed by atoms with Crippen LogP contribution in [0.5, 0.6) is 0 Å². The number of pyridine rings is 1. The van der Waals surface area contributed by atoms with Crippen LogP contribution in [0.2, 0.25) is 10.0 Å². The monoisotopic (exact) mass is 401 g/mol. The van der Waals surface area contributed by atoms with Gasteiger partial charge in [-0.05, 0) is 36.1 Å². The Labute approximate surface area is 166 Å². The number of hydrogen-bond donors (Lipinski definition) is 0. The highest BCUT2D eigenvalue weighted by Crippen LogP contribution is 2.28. The van der Waals surface area contributed by atoms with Crippen LogP contribution in [0.15, 0.2) is 35.3 Å². The number of hydrogen-bond acceptors (Lipinski definition) is 4.